The summed E-state index contributed by atoms with van der Waals surface area (Å²) in [5.74, 6) is 1.77. The maximum atomic E-state index is 13.6. The first kappa shape index (κ1) is 23.6. The van der Waals surface area contributed by atoms with Crippen LogP contribution in [0, 0.1) is 5.82 Å². The van der Waals surface area contributed by atoms with Crippen LogP contribution < -0.4 is 10.6 Å². The molecule has 0 bridgehead atoms. The second kappa shape index (κ2) is 11.5. The normalized spacial score (nSPS) is 11.1. The van der Waals surface area contributed by atoms with Crippen LogP contribution in [0.1, 0.15) is 25.7 Å². The standard InChI is InChI=1S/C25H29FN6O2/c26-19-7-5-17(6-8-19)22-23(18-9-12-29-20(15-18)27-10-1-3-13-33)32-25-24(22)30-16-21(31-25)28-11-2-4-14-34/h5-9,12,15-16,33-34H,1-4,10-11,13-14H2,(H,27,29)(H2,28,31,32). The minimum absolute atomic E-state index is 0.168. The van der Waals surface area contributed by atoms with Crippen LogP contribution in [0.15, 0.2) is 48.8 Å². The Balaban J connectivity index is 1.70. The zero-order chi connectivity index (χ0) is 23.8. The number of anilines is 2. The van der Waals surface area contributed by atoms with Crippen molar-refractivity contribution >= 4 is 11.6 Å². The van der Waals surface area contributed by atoms with Gasteiger partial charge in [-0.25, -0.2) is 19.3 Å². The zero-order valence-corrected chi connectivity index (χ0v) is 18.9. The first-order valence-electron chi connectivity index (χ1n) is 11.5. The lowest BCUT2D eigenvalue weighted by molar-refractivity contribution is 0.286. The number of halogens is 1. The van der Waals surface area contributed by atoms with Crippen molar-refractivity contribution in [1.82, 2.24) is 19.9 Å². The van der Waals surface area contributed by atoms with E-state index in [2.05, 4.69) is 25.6 Å². The van der Waals surface area contributed by atoms with Crippen LogP contribution in [0.3, 0.4) is 0 Å². The highest BCUT2D eigenvalue weighted by Gasteiger charge is 2.23. The van der Waals surface area contributed by atoms with E-state index in [9.17, 15) is 4.39 Å². The number of benzene rings is 1. The Hall–Kier alpha value is -3.56. The van der Waals surface area contributed by atoms with Gasteiger partial charge in [0, 0.05) is 43.6 Å². The van der Waals surface area contributed by atoms with Crippen molar-refractivity contribution in [1.29, 1.82) is 0 Å². The maximum absolute atomic E-state index is 13.6. The van der Waals surface area contributed by atoms with Crippen LogP contribution in [0.2, 0.25) is 0 Å². The molecule has 0 saturated carbocycles. The molecule has 1 aromatic heterocycles. The Kier molecular flexibility index (Phi) is 8.00. The number of aromatic nitrogens is 4. The molecule has 3 heterocycles. The maximum Gasteiger partial charge on any atom is 0.158 e. The number of aliphatic hydroxyl groups excluding tert-OH is 2. The molecule has 0 amide bonds. The van der Waals surface area contributed by atoms with Gasteiger partial charge in [-0.1, -0.05) is 12.1 Å². The Morgan fingerprint density at radius 1 is 0.824 bits per heavy atom. The fourth-order valence-corrected chi connectivity index (χ4v) is 3.73. The molecule has 0 fully saturated rings. The molecule has 4 rings (SSSR count). The van der Waals surface area contributed by atoms with E-state index in [1.807, 2.05) is 12.1 Å². The Morgan fingerprint density at radius 3 is 2.29 bits per heavy atom. The molecule has 5 N–H and O–H groups in total. The van der Waals surface area contributed by atoms with Gasteiger partial charge >= 0.3 is 0 Å². The first-order valence-corrected chi connectivity index (χ1v) is 11.5. The Bertz CT molecular complexity index is 1160. The lowest BCUT2D eigenvalue weighted by atomic mass is 10.00. The minimum Gasteiger partial charge on any atom is -0.396 e. The summed E-state index contributed by atoms with van der Waals surface area (Å²) < 4.78 is 13.6. The molecule has 2 aromatic rings. The van der Waals surface area contributed by atoms with Crippen LogP contribution in [0.4, 0.5) is 16.0 Å². The summed E-state index contributed by atoms with van der Waals surface area (Å²) in [6.07, 6.45) is 6.59. The molecule has 0 saturated heterocycles. The molecular weight excluding hydrogens is 435 g/mol. The van der Waals surface area contributed by atoms with Gasteiger partial charge < -0.3 is 25.8 Å². The van der Waals surface area contributed by atoms with Crippen molar-refractivity contribution < 1.29 is 14.6 Å². The van der Waals surface area contributed by atoms with Gasteiger partial charge in [0.25, 0.3) is 0 Å². The Morgan fingerprint density at radius 2 is 1.56 bits per heavy atom. The smallest absolute Gasteiger partial charge is 0.158 e. The predicted molar refractivity (Wildman–Crippen MR) is 131 cm³/mol. The van der Waals surface area contributed by atoms with E-state index in [-0.39, 0.29) is 19.0 Å². The van der Waals surface area contributed by atoms with Crippen molar-refractivity contribution in [2.45, 2.75) is 25.7 Å². The van der Waals surface area contributed by atoms with Gasteiger partial charge in [0.05, 0.1) is 11.9 Å². The third-order valence-corrected chi connectivity index (χ3v) is 5.45. The SMILES string of the molecule is OCCCCNc1cc(-c2nc3[nH]c(NCCCCO)cnc-3c2-c2ccc(F)cc2)ccn1. The molecule has 2 aliphatic heterocycles. The fraction of sp³-hybridized carbons (Fsp3) is 0.320. The summed E-state index contributed by atoms with van der Waals surface area (Å²) in [5.41, 5.74) is 3.91. The van der Waals surface area contributed by atoms with E-state index in [0.717, 1.165) is 59.7 Å². The van der Waals surface area contributed by atoms with Crippen molar-refractivity contribution in [2.75, 3.05) is 36.9 Å². The van der Waals surface area contributed by atoms with Crippen molar-refractivity contribution in [3.8, 4) is 33.9 Å². The van der Waals surface area contributed by atoms with Crippen LogP contribution in [0.25, 0.3) is 33.9 Å². The molecule has 0 unspecified atom stereocenters. The van der Waals surface area contributed by atoms with E-state index in [0.29, 0.717) is 24.6 Å². The van der Waals surface area contributed by atoms with E-state index >= 15 is 0 Å². The number of rotatable bonds is 12. The van der Waals surface area contributed by atoms with Crippen molar-refractivity contribution in [3.63, 3.8) is 0 Å². The Labute approximate surface area is 197 Å². The number of nitrogens with one attached hydrogen (secondary N) is 3. The molecule has 1 aromatic carbocycles. The number of hydrogen-bond donors (Lipinski definition) is 5. The molecule has 8 nitrogen and oxygen atoms in total. The summed E-state index contributed by atoms with van der Waals surface area (Å²) >= 11 is 0. The third kappa shape index (κ3) is 5.67. The number of fused-ring (bicyclic) bond motifs is 1. The van der Waals surface area contributed by atoms with Crippen molar-refractivity contribution in [2.24, 2.45) is 0 Å². The number of aliphatic hydroxyl groups is 2. The van der Waals surface area contributed by atoms with Gasteiger partial charge in [-0.2, -0.15) is 0 Å². The van der Waals surface area contributed by atoms with Gasteiger partial charge in [-0.15, -0.1) is 0 Å². The molecule has 0 aliphatic carbocycles. The topological polar surface area (TPSA) is 119 Å². The zero-order valence-electron chi connectivity index (χ0n) is 18.9. The molecule has 0 spiro atoms. The highest BCUT2D eigenvalue weighted by Crippen LogP contribution is 2.40. The van der Waals surface area contributed by atoms with Gasteiger partial charge in [-0.05, 0) is 55.5 Å². The largest absolute Gasteiger partial charge is 0.396 e. The summed E-state index contributed by atoms with van der Waals surface area (Å²) in [6.45, 7) is 1.75. The van der Waals surface area contributed by atoms with Crippen LogP contribution in [0.5, 0.6) is 0 Å². The van der Waals surface area contributed by atoms with E-state index in [4.69, 9.17) is 15.2 Å². The van der Waals surface area contributed by atoms with Gasteiger partial charge in [-0.3, -0.25) is 0 Å². The van der Waals surface area contributed by atoms with Crippen LogP contribution in [-0.2, 0) is 0 Å². The molecule has 34 heavy (non-hydrogen) atoms. The fourth-order valence-electron chi connectivity index (χ4n) is 3.73. The number of H-pyrrole nitrogens is 1. The number of unbranched alkanes of at least 4 members (excludes halogenated alkanes) is 2. The second-order valence-corrected chi connectivity index (χ2v) is 7.98. The first-order chi connectivity index (χ1) is 16.7. The number of hydrogen-bond acceptors (Lipinski definition) is 7. The highest BCUT2D eigenvalue weighted by atomic mass is 19.1. The summed E-state index contributed by atoms with van der Waals surface area (Å²) in [7, 11) is 0. The third-order valence-electron chi connectivity index (χ3n) is 5.45. The molecule has 9 heteroatoms. The monoisotopic (exact) mass is 464 g/mol. The quantitative estimate of drug-likeness (QED) is 0.200. The molecule has 0 atom stereocenters. The lowest BCUT2D eigenvalue weighted by Gasteiger charge is -2.09. The lowest BCUT2D eigenvalue weighted by Crippen LogP contribution is -2.05. The van der Waals surface area contributed by atoms with Crippen LogP contribution >= 0.6 is 0 Å². The average molecular weight is 465 g/mol. The number of pyridine rings is 1. The van der Waals surface area contributed by atoms with E-state index < -0.39 is 0 Å². The van der Waals surface area contributed by atoms with Crippen molar-refractivity contribution in [3.05, 3.63) is 54.6 Å². The average Bonchev–Trinajstić information content (AvgIpc) is 3.24. The van der Waals surface area contributed by atoms with Crippen LogP contribution in [-0.4, -0.2) is 56.5 Å². The molecule has 2 aliphatic rings. The minimum atomic E-state index is -0.304. The predicted octanol–water partition coefficient (Wildman–Crippen LogP) is 4.15. The summed E-state index contributed by atoms with van der Waals surface area (Å²) in [6, 6.07) is 10.1. The van der Waals surface area contributed by atoms with E-state index in [1.54, 1.807) is 24.5 Å². The molecule has 178 valence electrons. The van der Waals surface area contributed by atoms with Gasteiger partial charge in [0.1, 0.15) is 23.1 Å². The number of aromatic amines is 1. The second-order valence-electron chi connectivity index (χ2n) is 7.98. The summed E-state index contributed by atoms with van der Waals surface area (Å²) in [4.78, 5) is 17.2. The van der Waals surface area contributed by atoms with Gasteiger partial charge in [0.15, 0.2) is 5.82 Å². The van der Waals surface area contributed by atoms with E-state index in [1.165, 1.54) is 12.1 Å². The summed E-state index contributed by atoms with van der Waals surface area (Å²) in [5, 5.41) is 24.5. The molecule has 0 radical (unpaired) electrons. The number of nitrogens with zero attached hydrogens (tertiary/aromatic N) is 3. The highest BCUT2D eigenvalue weighted by molar-refractivity contribution is 5.93. The van der Waals surface area contributed by atoms with Gasteiger partial charge in [0.2, 0.25) is 0 Å². The molecular formula is C25H29FN6O2.